The van der Waals surface area contributed by atoms with Crippen molar-refractivity contribution in [1.29, 1.82) is 0 Å². The molecule has 2 aliphatic rings. The molecule has 1 aromatic carbocycles. The van der Waals surface area contributed by atoms with Crippen molar-refractivity contribution in [3.63, 3.8) is 0 Å². The Hall–Kier alpha value is -1.66. The van der Waals surface area contributed by atoms with Gasteiger partial charge in [0.25, 0.3) is 0 Å². The van der Waals surface area contributed by atoms with E-state index < -0.39 is 5.82 Å². The minimum atomic E-state index is -0.421. The van der Waals surface area contributed by atoms with E-state index in [0.29, 0.717) is 25.3 Å². The molecule has 3 rings (SSSR count). The number of para-hydroxylation sites is 1. The van der Waals surface area contributed by atoms with Crippen LogP contribution < -0.4 is 5.32 Å². The number of hydrogen-bond donors (Lipinski definition) is 1. The molecule has 6 heteroatoms. The Morgan fingerprint density at radius 1 is 1.41 bits per heavy atom. The third-order valence-electron chi connectivity index (χ3n) is 4.27. The van der Waals surface area contributed by atoms with Gasteiger partial charge < -0.3 is 19.7 Å². The molecule has 22 heavy (non-hydrogen) atoms. The zero-order valence-electron chi connectivity index (χ0n) is 12.7. The third kappa shape index (κ3) is 3.08. The molecule has 120 valence electrons. The second-order valence-corrected chi connectivity index (χ2v) is 5.75. The van der Waals surface area contributed by atoms with Gasteiger partial charge in [0.2, 0.25) is 0 Å². The number of nitrogens with zero attached hydrogens (tertiary/aromatic N) is 1. The number of morpholine rings is 1. The number of aryl methyl sites for hydroxylation is 1. The number of carbonyl (C=O) groups excluding carboxylic acids is 1. The lowest BCUT2D eigenvalue weighted by Gasteiger charge is -2.38. The summed E-state index contributed by atoms with van der Waals surface area (Å²) in [6.45, 7) is 3.95. The highest BCUT2D eigenvalue weighted by Crippen LogP contribution is 2.24. The maximum Gasteiger partial charge on any atom is 0.322 e. The average Bonchev–Trinajstić information content (AvgIpc) is 3.05. The maximum absolute atomic E-state index is 13.9. The van der Waals surface area contributed by atoms with Crippen molar-refractivity contribution in [2.75, 3.05) is 31.7 Å². The van der Waals surface area contributed by atoms with E-state index in [9.17, 15) is 9.18 Å². The Kier molecular flexibility index (Phi) is 4.59. The van der Waals surface area contributed by atoms with Gasteiger partial charge in [-0.1, -0.05) is 12.1 Å². The minimum Gasteiger partial charge on any atom is -0.377 e. The third-order valence-corrected chi connectivity index (χ3v) is 4.27. The molecule has 5 nitrogen and oxygen atoms in total. The van der Waals surface area contributed by atoms with Gasteiger partial charge in [-0.05, 0) is 31.4 Å². The largest absolute Gasteiger partial charge is 0.377 e. The van der Waals surface area contributed by atoms with Crippen molar-refractivity contribution < 1.29 is 18.7 Å². The lowest BCUT2D eigenvalue weighted by molar-refractivity contribution is -0.0452. The first-order chi connectivity index (χ1) is 10.7. The number of benzene rings is 1. The molecule has 2 aliphatic heterocycles. The lowest BCUT2D eigenvalue weighted by atomic mass is 10.1. The quantitative estimate of drug-likeness (QED) is 0.913. The van der Waals surface area contributed by atoms with Gasteiger partial charge in [-0.2, -0.15) is 0 Å². The normalized spacial score (nSPS) is 25.3. The first-order valence-electron chi connectivity index (χ1n) is 7.69. The first-order valence-corrected chi connectivity index (χ1v) is 7.69. The van der Waals surface area contributed by atoms with Gasteiger partial charge in [0.05, 0.1) is 31.0 Å². The minimum absolute atomic E-state index is 0.00719. The summed E-state index contributed by atoms with van der Waals surface area (Å²) in [7, 11) is 0. The summed E-state index contributed by atoms with van der Waals surface area (Å²) in [6, 6.07) is 4.35. The molecule has 0 spiro atoms. The zero-order valence-corrected chi connectivity index (χ0v) is 12.7. The van der Waals surface area contributed by atoms with E-state index in [2.05, 4.69) is 5.32 Å². The fourth-order valence-electron chi connectivity index (χ4n) is 3.06. The summed E-state index contributed by atoms with van der Waals surface area (Å²) >= 11 is 0. The molecule has 1 N–H and O–H groups in total. The highest BCUT2D eigenvalue weighted by atomic mass is 19.1. The van der Waals surface area contributed by atoms with E-state index in [1.165, 1.54) is 6.07 Å². The van der Waals surface area contributed by atoms with Gasteiger partial charge in [-0.3, -0.25) is 0 Å². The van der Waals surface area contributed by atoms with Gasteiger partial charge in [0, 0.05) is 13.2 Å². The summed E-state index contributed by atoms with van der Waals surface area (Å²) in [5.41, 5.74) is 0.945. The molecule has 2 heterocycles. The van der Waals surface area contributed by atoms with Crippen molar-refractivity contribution >= 4 is 11.7 Å². The van der Waals surface area contributed by atoms with Crippen molar-refractivity contribution in [2.24, 2.45) is 0 Å². The van der Waals surface area contributed by atoms with Crippen LogP contribution in [0.3, 0.4) is 0 Å². The maximum atomic E-state index is 13.9. The van der Waals surface area contributed by atoms with Gasteiger partial charge in [0.1, 0.15) is 5.82 Å². The Morgan fingerprint density at radius 2 is 2.27 bits per heavy atom. The van der Waals surface area contributed by atoms with E-state index in [0.717, 1.165) is 19.4 Å². The van der Waals surface area contributed by atoms with Crippen LogP contribution in [-0.4, -0.2) is 49.4 Å². The molecule has 2 saturated heterocycles. The van der Waals surface area contributed by atoms with Crippen molar-refractivity contribution in [3.05, 3.63) is 29.6 Å². The molecular formula is C16H21FN2O3. The highest BCUT2D eigenvalue weighted by molar-refractivity contribution is 5.90. The van der Waals surface area contributed by atoms with Crippen LogP contribution in [0.15, 0.2) is 18.2 Å². The molecule has 0 aromatic heterocycles. The molecule has 2 fully saturated rings. The summed E-state index contributed by atoms with van der Waals surface area (Å²) in [5, 5.41) is 2.70. The van der Waals surface area contributed by atoms with E-state index in [1.54, 1.807) is 24.0 Å². The summed E-state index contributed by atoms with van der Waals surface area (Å²) in [6.07, 6.45) is 1.94. The number of amides is 2. The number of hydrogen-bond acceptors (Lipinski definition) is 3. The van der Waals surface area contributed by atoms with E-state index >= 15 is 0 Å². The van der Waals surface area contributed by atoms with Gasteiger partial charge >= 0.3 is 6.03 Å². The molecular weight excluding hydrogens is 287 g/mol. The summed E-state index contributed by atoms with van der Waals surface area (Å²) in [5.74, 6) is -0.421. The van der Waals surface area contributed by atoms with Gasteiger partial charge in [-0.25, -0.2) is 9.18 Å². The van der Waals surface area contributed by atoms with Crippen LogP contribution in [0.2, 0.25) is 0 Å². The van der Waals surface area contributed by atoms with Gasteiger partial charge in [0.15, 0.2) is 0 Å². The Balaban J connectivity index is 1.74. The topological polar surface area (TPSA) is 50.8 Å². The second-order valence-electron chi connectivity index (χ2n) is 5.75. The van der Waals surface area contributed by atoms with Crippen molar-refractivity contribution in [1.82, 2.24) is 4.90 Å². The molecule has 1 aromatic rings. The van der Waals surface area contributed by atoms with E-state index in [4.69, 9.17) is 9.47 Å². The standard InChI is InChI=1S/C16H21FN2O3/c1-11-4-2-5-12(17)15(11)18-16(20)19-7-9-21-10-13(19)14-6-3-8-22-14/h2,4-5,13-14H,3,6-10H2,1H3,(H,18,20)/t13-,14-/m1/s1. The predicted octanol–water partition coefficient (Wildman–Crippen LogP) is 2.55. The smallest absolute Gasteiger partial charge is 0.322 e. The summed E-state index contributed by atoms with van der Waals surface area (Å²) in [4.78, 5) is 14.3. The first kappa shape index (κ1) is 15.2. The average molecular weight is 308 g/mol. The van der Waals surface area contributed by atoms with Crippen LogP contribution in [0.1, 0.15) is 18.4 Å². The molecule has 0 unspecified atom stereocenters. The fraction of sp³-hybridized carbons (Fsp3) is 0.562. The number of ether oxygens (including phenoxy) is 2. The number of carbonyl (C=O) groups is 1. The van der Waals surface area contributed by atoms with Crippen molar-refractivity contribution in [2.45, 2.75) is 31.9 Å². The SMILES string of the molecule is Cc1cccc(F)c1NC(=O)N1CCOC[C@@H]1[C@H]1CCCO1. The van der Waals surface area contributed by atoms with Crippen LogP contribution in [-0.2, 0) is 9.47 Å². The molecule has 0 aliphatic carbocycles. The van der Waals surface area contributed by atoms with Crippen LogP contribution in [0, 0.1) is 12.7 Å². The van der Waals surface area contributed by atoms with Crippen LogP contribution >= 0.6 is 0 Å². The van der Waals surface area contributed by atoms with E-state index in [1.807, 2.05) is 0 Å². The van der Waals surface area contributed by atoms with Gasteiger partial charge in [-0.15, -0.1) is 0 Å². The number of anilines is 1. The number of nitrogens with one attached hydrogen (secondary N) is 1. The van der Waals surface area contributed by atoms with Crippen LogP contribution in [0.25, 0.3) is 0 Å². The molecule has 2 atom stereocenters. The zero-order chi connectivity index (χ0) is 15.5. The van der Waals surface area contributed by atoms with Crippen LogP contribution in [0.4, 0.5) is 14.9 Å². The van der Waals surface area contributed by atoms with Crippen molar-refractivity contribution in [3.8, 4) is 0 Å². The Morgan fingerprint density at radius 3 is 3.00 bits per heavy atom. The fourth-order valence-corrected chi connectivity index (χ4v) is 3.06. The number of halogens is 1. The molecule has 2 amide bonds. The molecule has 0 saturated carbocycles. The predicted molar refractivity (Wildman–Crippen MR) is 80.4 cm³/mol. The monoisotopic (exact) mass is 308 g/mol. The molecule has 0 bridgehead atoms. The second kappa shape index (κ2) is 6.62. The summed E-state index contributed by atoms with van der Waals surface area (Å²) < 4.78 is 25.1. The number of rotatable bonds is 2. The van der Waals surface area contributed by atoms with Crippen LogP contribution in [0.5, 0.6) is 0 Å². The molecule has 0 radical (unpaired) electrons. The Labute approximate surface area is 129 Å². The van der Waals surface area contributed by atoms with E-state index in [-0.39, 0.29) is 23.9 Å². The highest BCUT2D eigenvalue weighted by Gasteiger charge is 2.36. The Bertz CT molecular complexity index is 526. The number of urea groups is 1. The lowest BCUT2D eigenvalue weighted by Crippen LogP contribution is -2.55.